The molecule has 2 aromatic rings. The highest BCUT2D eigenvalue weighted by Gasteiger charge is 2.36. The van der Waals surface area contributed by atoms with Crippen LogP contribution in [-0.2, 0) is 16.1 Å². The maximum absolute atomic E-state index is 12.9. The van der Waals surface area contributed by atoms with Gasteiger partial charge in [0.05, 0.1) is 5.92 Å². The average molecular weight is 438 g/mol. The lowest BCUT2D eigenvalue weighted by Crippen LogP contribution is -2.32. The third-order valence-corrected chi connectivity index (χ3v) is 7.36. The third kappa shape index (κ3) is 4.96. The Balaban J connectivity index is 1.40. The molecule has 2 aliphatic rings. The molecule has 31 heavy (non-hydrogen) atoms. The zero-order valence-corrected chi connectivity index (χ0v) is 19.4. The lowest BCUT2D eigenvalue weighted by atomic mass is 10.1. The number of benzene rings is 2. The van der Waals surface area contributed by atoms with Crippen molar-refractivity contribution in [3.8, 4) is 0 Å². The largest absolute Gasteiger partial charge is 0.326 e. The van der Waals surface area contributed by atoms with E-state index in [1.807, 2.05) is 56.8 Å². The molecule has 0 spiro atoms. The monoisotopic (exact) mass is 437 g/mol. The molecule has 2 saturated heterocycles. The Morgan fingerprint density at radius 1 is 1.10 bits per heavy atom. The van der Waals surface area contributed by atoms with Gasteiger partial charge in [0.25, 0.3) is 0 Å². The molecule has 6 heteroatoms. The van der Waals surface area contributed by atoms with Gasteiger partial charge in [0.15, 0.2) is 0 Å². The molecule has 1 atom stereocenters. The first-order valence-electron chi connectivity index (χ1n) is 11.0. The third-order valence-electron chi connectivity index (χ3n) is 6.42. The van der Waals surface area contributed by atoms with Gasteiger partial charge in [-0.2, -0.15) is 11.8 Å². The highest BCUT2D eigenvalue weighted by atomic mass is 32.2. The first kappa shape index (κ1) is 21.9. The van der Waals surface area contributed by atoms with E-state index in [0.29, 0.717) is 6.54 Å². The summed E-state index contributed by atoms with van der Waals surface area (Å²) >= 11 is 2.02. The van der Waals surface area contributed by atoms with Crippen LogP contribution in [0.25, 0.3) is 0 Å². The van der Waals surface area contributed by atoms with Gasteiger partial charge in [0, 0.05) is 55.5 Å². The predicted octanol–water partition coefficient (Wildman–Crippen LogP) is 4.15. The van der Waals surface area contributed by atoms with Crippen LogP contribution in [0.3, 0.4) is 0 Å². The van der Waals surface area contributed by atoms with E-state index in [9.17, 15) is 9.59 Å². The maximum Gasteiger partial charge on any atom is 0.229 e. The molecule has 5 nitrogen and oxygen atoms in total. The summed E-state index contributed by atoms with van der Waals surface area (Å²) in [6, 6.07) is 12.2. The smallest absolute Gasteiger partial charge is 0.229 e. The Morgan fingerprint density at radius 3 is 2.61 bits per heavy atom. The second-order valence-corrected chi connectivity index (χ2v) is 9.88. The quantitative estimate of drug-likeness (QED) is 0.763. The number of hydrogen-bond donors (Lipinski definition) is 1. The lowest BCUT2D eigenvalue weighted by Gasteiger charge is -2.26. The first-order valence-corrected chi connectivity index (χ1v) is 12.1. The summed E-state index contributed by atoms with van der Waals surface area (Å²) in [7, 11) is 0. The fourth-order valence-electron chi connectivity index (χ4n) is 4.36. The van der Waals surface area contributed by atoms with E-state index in [1.165, 1.54) is 17.1 Å². The maximum atomic E-state index is 12.9. The summed E-state index contributed by atoms with van der Waals surface area (Å²) in [5, 5.41) is 3.07. The van der Waals surface area contributed by atoms with Gasteiger partial charge in [0.1, 0.15) is 0 Å². The normalized spacial score (nSPS) is 19.6. The van der Waals surface area contributed by atoms with Gasteiger partial charge >= 0.3 is 0 Å². The molecule has 1 N–H and O–H groups in total. The van der Waals surface area contributed by atoms with E-state index in [4.69, 9.17) is 0 Å². The van der Waals surface area contributed by atoms with Crippen molar-refractivity contribution in [1.82, 2.24) is 4.90 Å². The van der Waals surface area contributed by atoms with Crippen LogP contribution in [0.15, 0.2) is 36.4 Å². The molecule has 2 aromatic carbocycles. The summed E-state index contributed by atoms with van der Waals surface area (Å²) < 4.78 is 0. The summed E-state index contributed by atoms with van der Waals surface area (Å²) in [4.78, 5) is 29.8. The van der Waals surface area contributed by atoms with Crippen molar-refractivity contribution in [2.45, 2.75) is 33.7 Å². The van der Waals surface area contributed by atoms with Crippen LogP contribution in [0.4, 0.5) is 11.4 Å². The number of aryl methyl sites for hydroxylation is 2. The number of nitrogens with one attached hydrogen (secondary N) is 1. The SMILES string of the molecule is Cc1cc(CN2CCSCC2)ccc1NC(=O)C1CC(=O)N(c2cccc(C)c2C)C1. The highest BCUT2D eigenvalue weighted by Crippen LogP contribution is 2.30. The van der Waals surface area contributed by atoms with E-state index >= 15 is 0 Å². The molecule has 0 radical (unpaired) electrons. The van der Waals surface area contributed by atoms with Crippen molar-refractivity contribution in [2.75, 3.05) is 41.4 Å². The highest BCUT2D eigenvalue weighted by molar-refractivity contribution is 7.99. The Kier molecular flexibility index (Phi) is 6.68. The fourth-order valence-corrected chi connectivity index (χ4v) is 5.34. The van der Waals surface area contributed by atoms with Gasteiger partial charge in [-0.05, 0) is 55.2 Å². The van der Waals surface area contributed by atoms with E-state index in [0.717, 1.165) is 47.7 Å². The van der Waals surface area contributed by atoms with E-state index < -0.39 is 0 Å². The predicted molar refractivity (Wildman–Crippen MR) is 129 cm³/mol. The molecule has 2 amide bonds. The van der Waals surface area contributed by atoms with Gasteiger partial charge in [-0.15, -0.1) is 0 Å². The van der Waals surface area contributed by atoms with Crippen LogP contribution in [0.5, 0.6) is 0 Å². The molecule has 164 valence electrons. The first-order chi connectivity index (χ1) is 14.9. The summed E-state index contributed by atoms with van der Waals surface area (Å²) in [5.41, 5.74) is 6.33. The summed E-state index contributed by atoms with van der Waals surface area (Å²) in [6.07, 6.45) is 0.253. The lowest BCUT2D eigenvalue weighted by molar-refractivity contribution is -0.122. The number of anilines is 2. The minimum atomic E-state index is -0.336. The van der Waals surface area contributed by atoms with Crippen LogP contribution in [0.1, 0.15) is 28.7 Å². The second-order valence-electron chi connectivity index (χ2n) is 8.65. The molecule has 1 unspecified atom stereocenters. The van der Waals surface area contributed by atoms with Crippen molar-refractivity contribution in [3.63, 3.8) is 0 Å². The number of rotatable bonds is 5. The standard InChI is InChI=1S/C25H31N3O2S/c1-17-5-4-6-23(19(17)3)28-16-21(14-24(28)29)25(30)26-22-8-7-20(13-18(22)2)15-27-9-11-31-12-10-27/h4-8,13,21H,9-12,14-16H2,1-3H3,(H,26,30). The molecule has 4 rings (SSSR count). The molecule has 0 aliphatic carbocycles. The Labute approximate surface area is 189 Å². The van der Waals surface area contributed by atoms with E-state index in [2.05, 4.69) is 22.3 Å². The molecule has 0 aromatic heterocycles. The van der Waals surface area contributed by atoms with Gasteiger partial charge in [0.2, 0.25) is 11.8 Å². The van der Waals surface area contributed by atoms with Crippen molar-refractivity contribution in [3.05, 3.63) is 58.7 Å². The topological polar surface area (TPSA) is 52.7 Å². The van der Waals surface area contributed by atoms with Gasteiger partial charge in [-0.3, -0.25) is 14.5 Å². The number of hydrogen-bond acceptors (Lipinski definition) is 4. The zero-order valence-electron chi connectivity index (χ0n) is 18.6. The Morgan fingerprint density at radius 2 is 1.87 bits per heavy atom. The van der Waals surface area contributed by atoms with Crippen molar-refractivity contribution < 1.29 is 9.59 Å². The fraction of sp³-hybridized carbons (Fsp3) is 0.440. The van der Waals surface area contributed by atoms with Gasteiger partial charge in [-0.1, -0.05) is 24.3 Å². The van der Waals surface area contributed by atoms with Crippen molar-refractivity contribution >= 4 is 35.0 Å². The molecule has 0 bridgehead atoms. The van der Waals surface area contributed by atoms with Gasteiger partial charge in [-0.25, -0.2) is 0 Å². The average Bonchev–Trinajstić information content (AvgIpc) is 3.14. The van der Waals surface area contributed by atoms with Crippen LogP contribution in [-0.4, -0.2) is 47.9 Å². The number of nitrogens with zero attached hydrogens (tertiary/aromatic N) is 2. The molecule has 2 aliphatic heterocycles. The molecule has 2 fully saturated rings. The molecular formula is C25H31N3O2S. The summed E-state index contributed by atoms with van der Waals surface area (Å²) in [6.45, 7) is 9.76. The van der Waals surface area contributed by atoms with Crippen molar-refractivity contribution in [1.29, 1.82) is 0 Å². The summed E-state index contributed by atoms with van der Waals surface area (Å²) in [5.74, 6) is 2.00. The van der Waals surface area contributed by atoms with Gasteiger partial charge < -0.3 is 10.2 Å². The van der Waals surface area contributed by atoms with Crippen LogP contribution in [0.2, 0.25) is 0 Å². The van der Waals surface area contributed by atoms with E-state index in [1.54, 1.807) is 4.90 Å². The second kappa shape index (κ2) is 9.45. The number of carbonyl (C=O) groups excluding carboxylic acids is 2. The van der Waals surface area contributed by atoms with Crippen LogP contribution in [0, 0.1) is 26.7 Å². The number of carbonyl (C=O) groups is 2. The minimum absolute atomic E-state index is 0.0145. The molecule has 0 saturated carbocycles. The van der Waals surface area contributed by atoms with Crippen LogP contribution < -0.4 is 10.2 Å². The minimum Gasteiger partial charge on any atom is -0.326 e. The van der Waals surface area contributed by atoms with E-state index in [-0.39, 0.29) is 24.2 Å². The Hall–Kier alpha value is -2.31. The number of thioether (sulfide) groups is 1. The molecular weight excluding hydrogens is 406 g/mol. The van der Waals surface area contributed by atoms with Crippen LogP contribution >= 0.6 is 11.8 Å². The Bertz CT molecular complexity index is 985. The zero-order chi connectivity index (χ0) is 22.0. The molecule has 2 heterocycles. The van der Waals surface area contributed by atoms with Crippen molar-refractivity contribution in [2.24, 2.45) is 5.92 Å². The number of amides is 2.